The molecule has 8 nitrogen and oxygen atoms in total. The van der Waals surface area contributed by atoms with Crippen LogP contribution in [0.25, 0.3) is 28.1 Å². The number of aromatic nitrogens is 5. The van der Waals surface area contributed by atoms with E-state index in [1.54, 1.807) is 30.0 Å². The molecule has 0 spiro atoms. The van der Waals surface area contributed by atoms with E-state index in [9.17, 15) is 9.18 Å². The third kappa shape index (κ3) is 3.13. The third-order valence-corrected chi connectivity index (χ3v) is 4.16. The summed E-state index contributed by atoms with van der Waals surface area (Å²) < 4.78 is 20.0. The van der Waals surface area contributed by atoms with Crippen molar-refractivity contribution in [2.75, 3.05) is 13.7 Å². The molecule has 4 aromatic heterocycles. The highest BCUT2D eigenvalue weighted by Crippen LogP contribution is 2.24. The van der Waals surface area contributed by atoms with Gasteiger partial charge in [0.05, 0.1) is 23.9 Å². The SMILES string of the molecule is COCC(C)NC(=O)c1c[nH]c2ncc(-c3ncn4cc(F)ccc34)nc12. The number of methoxy groups -OCH3 is 1. The van der Waals surface area contributed by atoms with Crippen molar-refractivity contribution in [1.82, 2.24) is 29.7 Å². The van der Waals surface area contributed by atoms with Crippen molar-refractivity contribution in [3.05, 3.63) is 48.4 Å². The molecule has 1 unspecified atom stereocenters. The predicted octanol–water partition coefficient (Wildman–Crippen LogP) is 2.18. The van der Waals surface area contributed by atoms with Crippen molar-refractivity contribution >= 4 is 22.6 Å². The normalized spacial score (nSPS) is 12.6. The van der Waals surface area contributed by atoms with E-state index >= 15 is 0 Å². The molecular weight excluding hydrogens is 351 g/mol. The number of rotatable bonds is 5. The van der Waals surface area contributed by atoms with Gasteiger partial charge in [-0.3, -0.25) is 4.79 Å². The number of amides is 1. The molecule has 0 fully saturated rings. The highest BCUT2D eigenvalue weighted by molar-refractivity contribution is 6.04. The molecule has 1 atom stereocenters. The molecule has 138 valence electrons. The Bertz CT molecular complexity index is 1140. The number of halogens is 1. The second-order valence-corrected chi connectivity index (χ2v) is 6.22. The van der Waals surface area contributed by atoms with Gasteiger partial charge in [0.1, 0.15) is 29.0 Å². The fourth-order valence-electron chi connectivity index (χ4n) is 2.94. The van der Waals surface area contributed by atoms with Crippen molar-refractivity contribution in [3.8, 4) is 11.4 Å². The fraction of sp³-hybridized carbons (Fsp3) is 0.222. The molecule has 0 radical (unpaired) electrons. The maximum atomic E-state index is 13.4. The summed E-state index contributed by atoms with van der Waals surface area (Å²) in [6, 6.07) is 2.84. The van der Waals surface area contributed by atoms with Crippen LogP contribution in [0.4, 0.5) is 4.39 Å². The number of hydrogen-bond donors (Lipinski definition) is 2. The van der Waals surface area contributed by atoms with Crippen molar-refractivity contribution in [2.24, 2.45) is 0 Å². The summed E-state index contributed by atoms with van der Waals surface area (Å²) in [4.78, 5) is 28.7. The average molecular weight is 368 g/mol. The summed E-state index contributed by atoms with van der Waals surface area (Å²) in [5.41, 5.74) is 3.08. The van der Waals surface area contributed by atoms with Crippen LogP contribution in [0.1, 0.15) is 17.3 Å². The number of nitrogens with one attached hydrogen (secondary N) is 2. The molecule has 4 aromatic rings. The number of hydrogen-bond acceptors (Lipinski definition) is 5. The summed E-state index contributed by atoms with van der Waals surface area (Å²) in [6.07, 6.45) is 5.99. The molecule has 9 heteroatoms. The van der Waals surface area contributed by atoms with Crippen molar-refractivity contribution < 1.29 is 13.9 Å². The first-order valence-corrected chi connectivity index (χ1v) is 8.33. The van der Waals surface area contributed by atoms with Gasteiger partial charge in [0.15, 0.2) is 5.65 Å². The van der Waals surface area contributed by atoms with Gasteiger partial charge in [-0.25, -0.2) is 19.3 Å². The summed E-state index contributed by atoms with van der Waals surface area (Å²) in [7, 11) is 1.58. The van der Waals surface area contributed by atoms with E-state index in [4.69, 9.17) is 4.74 Å². The standard InChI is InChI=1S/C18H17FN6O2/c1-10(8-27-2)23-18(26)12-5-20-17-15(12)24-13(6-21-17)16-14-4-3-11(19)7-25(14)9-22-16/h3-7,9-10H,8H2,1-2H3,(H,20,21)(H,23,26). The molecule has 4 heterocycles. The largest absolute Gasteiger partial charge is 0.383 e. The van der Waals surface area contributed by atoms with Gasteiger partial charge in [-0.05, 0) is 19.1 Å². The quantitative estimate of drug-likeness (QED) is 0.563. The molecule has 0 saturated carbocycles. The number of fused-ring (bicyclic) bond motifs is 2. The van der Waals surface area contributed by atoms with E-state index in [1.165, 1.54) is 18.6 Å². The van der Waals surface area contributed by atoms with Gasteiger partial charge >= 0.3 is 0 Å². The van der Waals surface area contributed by atoms with Crippen LogP contribution in [-0.4, -0.2) is 50.0 Å². The Morgan fingerprint density at radius 2 is 2.26 bits per heavy atom. The van der Waals surface area contributed by atoms with Gasteiger partial charge in [-0.15, -0.1) is 0 Å². The Labute approximate surface area is 153 Å². The Morgan fingerprint density at radius 3 is 3.07 bits per heavy atom. The minimum atomic E-state index is -0.359. The second kappa shape index (κ2) is 6.76. The summed E-state index contributed by atoms with van der Waals surface area (Å²) in [5.74, 6) is -0.628. The molecule has 0 aliphatic rings. The molecule has 2 N–H and O–H groups in total. The highest BCUT2D eigenvalue weighted by atomic mass is 19.1. The third-order valence-electron chi connectivity index (χ3n) is 4.16. The number of carbonyl (C=O) groups is 1. The number of carbonyl (C=O) groups excluding carboxylic acids is 1. The summed E-state index contributed by atoms with van der Waals surface area (Å²) >= 11 is 0. The van der Waals surface area contributed by atoms with Crippen LogP contribution in [0.5, 0.6) is 0 Å². The Kier molecular flexibility index (Phi) is 4.28. The number of nitrogens with zero attached hydrogens (tertiary/aromatic N) is 4. The van der Waals surface area contributed by atoms with Gasteiger partial charge in [-0.1, -0.05) is 0 Å². The van der Waals surface area contributed by atoms with Crippen molar-refractivity contribution in [2.45, 2.75) is 13.0 Å². The first-order chi connectivity index (χ1) is 13.1. The van der Waals surface area contributed by atoms with Crippen LogP contribution in [-0.2, 0) is 4.74 Å². The van der Waals surface area contributed by atoms with Crippen LogP contribution >= 0.6 is 0 Å². The van der Waals surface area contributed by atoms with Gasteiger partial charge in [0, 0.05) is 25.5 Å². The molecule has 27 heavy (non-hydrogen) atoms. The van der Waals surface area contributed by atoms with Gasteiger partial charge in [0.25, 0.3) is 5.91 Å². The molecule has 0 saturated heterocycles. The van der Waals surface area contributed by atoms with Gasteiger partial charge < -0.3 is 19.4 Å². The lowest BCUT2D eigenvalue weighted by atomic mass is 10.2. The Hall–Kier alpha value is -3.33. The zero-order valence-electron chi connectivity index (χ0n) is 14.7. The second-order valence-electron chi connectivity index (χ2n) is 6.22. The van der Waals surface area contributed by atoms with E-state index in [2.05, 4.69) is 25.3 Å². The number of aromatic amines is 1. The smallest absolute Gasteiger partial charge is 0.255 e. The monoisotopic (exact) mass is 368 g/mol. The first-order valence-electron chi connectivity index (χ1n) is 8.33. The summed E-state index contributed by atoms with van der Waals surface area (Å²) in [5, 5.41) is 2.85. The van der Waals surface area contributed by atoms with E-state index in [-0.39, 0.29) is 17.8 Å². The van der Waals surface area contributed by atoms with E-state index in [1.807, 2.05) is 6.92 Å². The summed E-state index contributed by atoms with van der Waals surface area (Å²) in [6.45, 7) is 2.26. The lowest BCUT2D eigenvalue weighted by Gasteiger charge is -2.11. The van der Waals surface area contributed by atoms with Gasteiger partial charge in [-0.2, -0.15) is 0 Å². The highest BCUT2D eigenvalue weighted by Gasteiger charge is 2.18. The number of ether oxygens (including phenoxy) is 1. The fourth-order valence-corrected chi connectivity index (χ4v) is 2.94. The van der Waals surface area contributed by atoms with Crippen LogP contribution in [0, 0.1) is 5.82 Å². The maximum absolute atomic E-state index is 13.4. The first kappa shape index (κ1) is 17.1. The molecule has 1 amide bonds. The maximum Gasteiger partial charge on any atom is 0.255 e. The Balaban J connectivity index is 1.74. The van der Waals surface area contributed by atoms with Crippen LogP contribution in [0.3, 0.4) is 0 Å². The van der Waals surface area contributed by atoms with Crippen LogP contribution < -0.4 is 5.32 Å². The van der Waals surface area contributed by atoms with E-state index in [0.29, 0.717) is 40.2 Å². The van der Waals surface area contributed by atoms with E-state index < -0.39 is 0 Å². The molecule has 0 aliphatic heterocycles. The lowest BCUT2D eigenvalue weighted by Crippen LogP contribution is -2.35. The van der Waals surface area contributed by atoms with E-state index in [0.717, 1.165) is 0 Å². The minimum absolute atomic E-state index is 0.143. The van der Waals surface area contributed by atoms with Crippen molar-refractivity contribution in [1.29, 1.82) is 0 Å². The number of pyridine rings is 1. The predicted molar refractivity (Wildman–Crippen MR) is 96.8 cm³/mol. The van der Waals surface area contributed by atoms with Crippen LogP contribution in [0.2, 0.25) is 0 Å². The molecule has 0 aliphatic carbocycles. The molecule has 0 aromatic carbocycles. The number of H-pyrrole nitrogens is 1. The van der Waals surface area contributed by atoms with Crippen LogP contribution in [0.15, 0.2) is 37.1 Å². The van der Waals surface area contributed by atoms with Gasteiger partial charge in [0.2, 0.25) is 0 Å². The lowest BCUT2D eigenvalue weighted by molar-refractivity contribution is 0.0907. The zero-order chi connectivity index (χ0) is 19.0. The zero-order valence-corrected chi connectivity index (χ0v) is 14.7. The Morgan fingerprint density at radius 1 is 1.41 bits per heavy atom. The molecular formula is C18H17FN6O2. The molecule has 0 bridgehead atoms. The van der Waals surface area contributed by atoms with Crippen molar-refractivity contribution in [3.63, 3.8) is 0 Å². The molecule has 4 rings (SSSR count). The average Bonchev–Trinajstić information content (AvgIpc) is 3.24. The number of imidazole rings is 1. The topological polar surface area (TPSA) is 97.2 Å². The minimum Gasteiger partial charge on any atom is -0.383 e.